The molecule has 0 radical (unpaired) electrons. The third-order valence-electron chi connectivity index (χ3n) is 9.43. The van der Waals surface area contributed by atoms with Crippen LogP contribution in [-0.2, 0) is 12.8 Å². The Morgan fingerprint density at radius 1 is 0.396 bits per heavy atom. The first-order chi connectivity index (χ1) is 23.7. The van der Waals surface area contributed by atoms with E-state index in [0.717, 1.165) is 60.8 Å². The summed E-state index contributed by atoms with van der Waals surface area (Å²) in [5.41, 5.74) is 8.56. The number of carbonyl (C=O) groups is 2. The van der Waals surface area contributed by atoms with Crippen molar-refractivity contribution in [2.45, 2.75) is 90.9 Å². The van der Waals surface area contributed by atoms with Gasteiger partial charge in [-0.15, -0.1) is 0 Å². The summed E-state index contributed by atoms with van der Waals surface area (Å²) in [5.74, 6) is -0.208. The SMILES string of the molecule is CCCCCCCc1c(CCCCCCC)c(-c2ccccc2)c(C(=O)c2ccccc2)c(C(=O)c2ccccc2)c1-c1ccccc1. The van der Waals surface area contributed by atoms with Crippen molar-refractivity contribution in [3.05, 3.63) is 155 Å². The molecular weight excluding hydrogens is 585 g/mol. The Hall–Kier alpha value is -4.56. The number of rotatable bonds is 18. The molecule has 0 bridgehead atoms. The fourth-order valence-corrected chi connectivity index (χ4v) is 6.98. The number of unbranched alkanes of at least 4 members (excludes halogenated alkanes) is 8. The Labute approximate surface area is 288 Å². The summed E-state index contributed by atoms with van der Waals surface area (Å²) in [6.07, 6.45) is 13.4. The lowest BCUT2D eigenvalue weighted by Gasteiger charge is -2.27. The van der Waals surface area contributed by atoms with E-state index in [-0.39, 0.29) is 11.6 Å². The van der Waals surface area contributed by atoms with E-state index in [9.17, 15) is 0 Å². The van der Waals surface area contributed by atoms with E-state index in [4.69, 9.17) is 0 Å². The normalized spacial score (nSPS) is 11.0. The Morgan fingerprint density at radius 3 is 1.04 bits per heavy atom. The minimum absolute atomic E-state index is 0.104. The highest BCUT2D eigenvalue weighted by Crippen LogP contribution is 2.44. The predicted molar refractivity (Wildman–Crippen MR) is 202 cm³/mol. The third kappa shape index (κ3) is 8.47. The van der Waals surface area contributed by atoms with Crippen LogP contribution in [0, 0.1) is 0 Å². The average molecular weight is 635 g/mol. The lowest BCUT2D eigenvalue weighted by Crippen LogP contribution is -2.19. The minimum atomic E-state index is -0.104. The van der Waals surface area contributed by atoms with E-state index >= 15 is 9.59 Å². The molecule has 0 aromatic heterocycles. The number of hydrogen-bond acceptors (Lipinski definition) is 2. The van der Waals surface area contributed by atoms with Gasteiger partial charge in [-0.1, -0.05) is 187 Å². The highest BCUT2D eigenvalue weighted by atomic mass is 16.1. The second-order valence-electron chi connectivity index (χ2n) is 12.9. The molecule has 48 heavy (non-hydrogen) atoms. The van der Waals surface area contributed by atoms with Gasteiger partial charge in [-0.05, 0) is 59.1 Å². The molecule has 2 nitrogen and oxygen atoms in total. The molecule has 0 saturated heterocycles. The zero-order valence-corrected chi connectivity index (χ0v) is 28.8. The molecule has 0 spiro atoms. The molecule has 0 aliphatic carbocycles. The molecule has 0 unspecified atom stereocenters. The molecule has 246 valence electrons. The maximum Gasteiger partial charge on any atom is 0.194 e. The van der Waals surface area contributed by atoms with Crippen molar-refractivity contribution in [1.29, 1.82) is 0 Å². The van der Waals surface area contributed by atoms with Crippen molar-refractivity contribution in [2.75, 3.05) is 0 Å². The highest BCUT2D eigenvalue weighted by molar-refractivity contribution is 6.25. The Balaban J connectivity index is 1.89. The van der Waals surface area contributed by atoms with Crippen molar-refractivity contribution in [3.8, 4) is 22.3 Å². The molecule has 5 rings (SSSR count). The van der Waals surface area contributed by atoms with Gasteiger partial charge >= 0.3 is 0 Å². The van der Waals surface area contributed by atoms with Crippen LogP contribution in [0.2, 0.25) is 0 Å². The molecule has 0 N–H and O–H groups in total. The summed E-state index contributed by atoms with van der Waals surface area (Å²) >= 11 is 0. The smallest absolute Gasteiger partial charge is 0.194 e. The molecule has 2 heteroatoms. The van der Waals surface area contributed by atoms with Gasteiger partial charge in [-0.25, -0.2) is 0 Å². The van der Waals surface area contributed by atoms with E-state index in [1.807, 2.05) is 97.1 Å². The van der Waals surface area contributed by atoms with Crippen LogP contribution in [0.5, 0.6) is 0 Å². The lowest BCUT2D eigenvalue weighted by molar-refractivity contribution is 0.100. The van der Waals surface area contributed by atoms with Gasteiger partial charge in [0.25, 0.3) is 0 Å². The minimum Gasteiger partial charge on any atom is -0.289 e. The van der Waals surface area contributed by atoms with Crippen molar-refractivity contribution in [2.24, 2.45) is 0 Å². The van der Waals surface area contributed by atoms with Gasteiger partial charge in [0.2, 0.25) is 0 Å². The molecule has 0 amide bonds. The maximum atomic E-state index is 15.0. The number of hydrogen-bond donors (Lipinski definition) is 0. The van der Waals surface area contributed by atoms with Gasteiger partial charge in [0, 0.05) is 22.3 Å². The number of ketones is 2. The molecule has 0 heterocycles. The van der Waals surface area contributed by atoms with Gasteiger partial charge in [0.1, 0.15) is 0 Å². The number of carbonyl (C=O) groups excluding carboxylic acids is 2. The van der Waals surface area contributed by atoms with Gasteiger partial charge in [0.15, 0.2) is 11.6 Å². The lowest BCUT2D eigenvalue weighted by atomic mass is 9.75. The fourth-order valence-electron chi connectivity index (χ4n) is 6.98. The quantitative estimate of drug-likeness (QED) is 0.0710. The summed E-state index contributed by atoms with van der Waals surface area (Å²) in [6, 6.07) is 39.7. The van der Waals surface area contributed by atoms with Crippen LogP contribution in [0.4, 0.5) is 0 Å². The van der Waals surface area contributed by atoms with Crippen LogP contribution in [0.15, 0.2) is 121 Å². The van der Waals surface area contributed by atoms with E-state index < -0.39 is 0 Å². The van der Waals surface area contributed by atoms with E-state index in [1.54, 1.807) is 0 Å². The maximum absolute atomic E-state index is 15.0. The summed E-state index contributed by atoms with van der Waals surface area (Å²) in [5, 5.41) is 0. The van der Waals surface area contributed by atoms with Crippen LogP contribution in [-0.4, -0.2) is 11.6 Å². The van der Waals surface area contributed by atoms with E-state index in [2.05, 4.69) is 38.1 Å². The largest absolute Gasteiger partial charge is 0.289 e. The zero-order valence-electron chi connectivity index (χ0n) is 28.8. The molecule has 0 saturated carbocycles. The van der Waals surface area contributed by atoms with E-state index in [0.29, 0.717) is 22.3 Å². The molecule has 0 atom stereocenters. The van der Waals surface area contributed by atoms with Crippen LogP contribution in [0.3, 0.4) is 0 Å². The summed E-state index contributed by atoms with van der Waals surface area (Å²) in [4.78, 5) is 30.1. The van der Waals surface area contributed by atoms with Gasteiger partial charge < -0.3 is 0 Å². The van der Waals surface area contributed by atoms with E-state index in [1.165, 1.54) is 49.7 Å². The summed E-state index contributed by atoms with van der Waals surface area (Å²) in [7, 11) is 0. The van der Waals surface area contributed by atoms with Crippen molar-refractivity contribution < 1.29 is 9.59 Å². The first-order valence-electron chi connectivity index (χ1n) is 18.2. The van der Waals surface area contributed by atoms with Gasteiger partial charge in [-0.2, -0.15) is 0 Å². The highest BCUT2D eigenvalue weighted by Gasteiger charge is 2.32. The van der Waals surface area contributed by atoms with Crippen LogP contribution in [0.25, 0.3) is 22.3 Å². The molecule has 5 aromatic rings. The average Bonchev–Trinajstić information content (AvgIpc) is 3.15. The molecule has 0 fully saturated rings. The molecule has 0 aliphatic heterocycles. The topological polar surface area (TPSA) is 34.1 Å². The summed E-state index contributed by atoms with van der Waals surface area (Å²) in [6.45, 7) is 4.50. The first kappa shape index (κ1) is 34.8. The van der Waals surface area contributed by atoms with Gasteiger partial charge in [-0.3, -0.25) is 9.59 Å². The number of benzene rings is 5. The van der Waals surface area contributed by atoms with Crippen LogP contribution in [0.1, 0.15) is 121 Å². The Morgan fingerprint density at radius 2 is 0.708 bits per heavy atom. The van der Waals surface area contributed by atoms with Crippen LogP contribution < -0.4 is 0 Å². The third-order valence-corrected chi connectivity index (χ3v) is 9.43. The summed E-state index contributed by atoms with van der Waals surface area (Å²) < 4.78 is 0. The van der Waals surface area contributed by atoms with Gasteiger partial charge in [0.05, 0.1) is 0 Å². The monoisotopic (exact) mass is 634 g/mol. The standard InChI is InChI=1S/C46H50O2/c1-3-5-7-9-23-33-39-40(34-24-10-8-6-4-2)42(36-27-17-12-18-28-36)44(46(48)38-31-21-14-22-32-38)43(41(39)35-25-15-11-16-26-35)45(47)37-29-19-13-20-30-37/h11-22,25-32H,3-10,23-24,33-34H2,1-2H3. The Kier molecular flexibility index (Phi) is 13.1. The first-order valence-corrected chi connectivity index (χ1v) is 18.2. The van der Waals surface area contributed by atoms with Crippen molar-refractivity contribution in [1.82, 2.24) is 0 Å². The second-order valence-corrected chi connectivity index (χ2v) is 12.9. The predicted octanol–water partition coefficient (Wildman–Crippen LogP) is 12.5. The zero-order chi connectivity index (χ0) is 33.6. The van der Waals surface area contributed by atoms with Crippen molar-refractivity contribution >= 4 is 11.6 Å². The molecular formula is C46H50O2. The van der Waals surface area contributed by atoms with Crippen LogP contribution >= 0.6 is 0 Å². The molecule has 0 aliphatic rings. The molecule has 5 aromatic carbocycles. The second kappa shape index (κ2) is 18.1. The van der Waals surface area contributed by atoms with Crippen molar-refractivity contribution in [3.63, 3.8) is 0 Å². The Bertz CT molecular complexity index is 1610. The fraction of sp³-hybridized carbons (Fsp3) is 0.304.